The Balaban J connectivity index is 1.56. The lowest BCUT2D eigenvalue weighted by Crippen LogP contribution is -2.30. The maximum atomic E-state index is 12.8. The molecule has 1 aliphatic rings. The highest BCUT2D eigenvalue weighted by atomic mass is 35.5. The van der Waals surface area contributed by atoms with Gasteiger partial charge in [0.1, 0.15) is 27.5 Å². The van der Waals surface area contributed by atoms with Crippen molar-refractivity contribution in [2.45, 2.75) is 44.2 Å². The van der Waals surface area contributed by atoms with E-state index in [1.165, 1.54) is 12.3 Å². The lowest BCUT2D eigenvalue weighted by atomic mass is 10.2. The van der Waals surface area contributed by atoms with Gasteiger partial charge in [0.15, 0.2) is 5.82 Å². The highest BCUT2D eigenvalue weighted by molar-refractivity contribution is 7.89. The molecule has 0 bridgehead atoms. The number of benzene rings is 2. The van der Waals surface area contributed by atoms with Crippen LogP contribution in [0.5, 0.6) is 11.5 Å². The number of nitrogens with one attached hydrogen (secondary N) is 3. The average Bonchev–Trinajstić information content (AvgIpc) is 3.27. The number of sulfonamides is 1. The maximum Gasteiger partial charge on any atom is 0.242 e. The molecule has 0 unspecified atom stereocenters. The quantitative estimate of drug-likeness (QED) is 0.304. The number of nitrogens with zero attached hydrogens (tertiary/aromatic N) is 3. The summed E-state index contributed by atoms with van der Waals surface area (Å²) in [5.74, 6) is 1.83. The van der Waals surface area contributed by atoms with Gasteiger partial charge in [-0.25, -0.2) is 18.1 Å². The Kier molecular flexibility index (Phi) is 8.93. The largest absolute Gasteiger partial charge is 0.492 e. The summed E-state index contributed by atoms with van der Waals surface area (Å²) in [7, 11) is -1.67. The first-order valence-electron chi connectivity index (χ1n) is 12.4. The number of likely N-dealkylation sites (N-methyl/N-ethyl adjacent to an activating group) is 1. The molecule has 1 saturated heterocycles. The second-order valence-electron chi connectivity index (χ2n) is 9.29. The molecule has 0 saturated carbocycles. The van der Waals surface area contributed by atoms with Gasteiger partial charge in [0.2, 0.25) is 16.0 Å². The number of aromatic nitrogens is 2. The van der Waals surface area contributed by atoms with Crippen molar-refractivity contribution in [2.24, 2.45) is 0 Å². The van der Waals surface area contributed by atoms with E-state index in [4.69, 9.17) is 21.1 Å². The molecule has 1 fully saturated rings. The molecule has 1 aliphatic heterocycles. The van der Waals surface area contributed by atoms with Crippen molar-refractivity contribution in [3.8, 4) is 11.5 Å². The molecule has 4 rings (SSSR count). The van der Waals surface area contributed by atoms with Gasteiger partial charge in [0, 0.05) is 25.2 Å². The van der Waals surface area contributed by atoms with Crippen LogP contribution in [0.2, 0.25) is 5.02 Å². The van der Waals surface area contributed by atoms with Gasteiger partial charge < -0.3 is 25.0 Å². The highest BCUT2D eigenvalue weighted by Gasteiger charge is 2.22. The summed E-state index contributed by atoms with van der Waals surface area (Å²) in [5, 5.41) is 6.44. The summed E-state index contributed by atoms with van der Waals surface area (Å²) in [6, 6.07) is 11.9. The minimum atomic E-state index is -3.76. The molecule has 0 radical (unpaired) electrons. The zero-order valence-electron chi connectivity index (χ0n) is 21.9. The number of anilines is 4. The van der Waals surface area contributed by atoms with Gasteiger partial charge in [-0.2, -0.15) is 4.98 Å². The van der Waals surface area contributed by atoms with Crippen LogP contribution in [-0.2, 0) is 10.0 Å². The van der Waals surface area contributed by atoms with Crippen LogP contribution in [0, 0.1) is 0 Å². The number of para-hydroxylation sites is 1. The zero-order valence-corrected chi connectivity index (χ0v) is 23.4. The molecule has 1 aromatic heterocycles. The van der Waals surface area contributed by atoms with Crippen LogP contribution in [0.4, 0.5) is 23.1 Å². The number of hydrogen-bond donors (Lipinski definition) is 3. The topological polar surface area (TPSA) is 118 Å². The molecular weight excluding hydrogens is 528 g/mol. The summed E-state index contributed by atoms with van der Waals surface area (Å²) in [6.07, 6.45) is 2.56. The van der Waals surface area contributed by atoms with Crippen LogP contribution < -0.4 is 24.8 Å². The van der Waals surface area contributed by atoms with E-state index in [0.29, 0.717) is 23.7 Å². The van der Waals surface area contributed by atoms with Gasteiger partial charge in [-0.15, -0.1) is 0 Å². The minimum absolute atomic E-state index is 0.0839. The molecule has 38 heavy (non-hydrogen) atoms. The standard InChI is InChI=1S/C26H33ClN6O4S/c1-5-36-23-14-18(37-19-12-13-33(4)16-19)10-11-21(23)30-26-28-15-20(27)25(31-26)29-22-8-6-7-9-24(22)38(34,35)32-17(2)3/h6-11,14-15,17,19,32H,5,12-13,16H2,1-4H3,(H2,28,29,30,31)/t19-/m0/s1. The van der Waals surface area contributed by atoms with E-state index < -0.39 is 10.0 Å². The minimum Gasteiger partial charge on any atom is -0.492 e. The highest BCUT2D eigenvalue weighted by Crippen LogP contribution is 2.34. The number of likely N-dealkylation sites (tertiary alicyclic amines) is 1. The first-order chi connectivity index (χ1) is 18.1. The second-order valence-corrected chi connectivity index (χ2v) is 11.4. The molecule has 2 aromatic carbocycles. The summed E-state index contributed by atoms with van der Waals surface area (Å²) in [4.78, 5) is 11.1. The fourth-order valence-electron chi connectivity index (χ4n) is 4.08. The van der Waals surface area contributed by atoms with Crippen LogP contribution in [0.15, 0.2) is 53.6 Å². The van der Waals surface area contributed by atoms with E-state index in [1.807, 2.05) is 25.1 Å². The Morgan fingerprint density at radius 1 is 1.16 bits per heavy atom. The Morgan fingerprint density at radius 2 is 1.95 bits per heavy atom. The van der Waals surface area contributed by atoms with Crippen molar-refractivity contribution in [3.05, 3.63) is 53.7 Å². The first-order valence-corrected chi connectivity index (χ1v) is 14.3. The Labute approximate surface area is 228 Å². The smallest absolute Gasteiger partial charge is 0.242 e. The van der Waals surface area contributed by atoms with Crippen molar-refractivity contribution in [1.82, 2.24) is 19.6 Å². The first kappa shape index (κ1) is 27.9. The van der Waals surface area contributed by atoms with Gasteiger partial charge in [0.25, 0.3) is 0 Å². The van der Waals surface area contributed by atoms with Crippen molar-refractivity contribution < 1.29 is 17.9 Å². The van der Waals surface area contributed by atoms with E-state index in [-0.39, 0.29) is 33.8 Å². The number of hydrogen-bond acceptors (Lipinski definition) is 9. The third-order valence-corrected chi connectivity index (χ3v) is 7.71. The number of ether oxygens (including phenoxy) is 2. The van der Waals surface area contributed by atoms with E-state index in [0.717, 1.165) is 25.3 Å². The molecule has 2 heterocycles. The molecule has 3 N–H and O–H groups in total. The fraction of sp³-hybridized carbons (Fsp3) is 0.385. The molecule has 204 valence electrons. The summed E-state index contributed by atoms with van der Waals surface area (Å²) < 4.78 is 40.3. The predicted octanol–water partition coefficient (Wildman–Crippen LogP) is 4.79. The van der Waals surface area contributed by atoms with E-state index in [1.54, 1.807) is 32.0 Å². The Hall–Kier alpha value is -3.12. The normalized spacial score (nSPS) is 16.0. The van der Waals surface area contributed by atoms with Gasteiger partial charge in [0.05, 0.1) is 24.2 Å². The molecule has 10 nitrogen and oxygen atoms in total. The van der Waals surface area contributed by atoms with Crippen LogP contribution in [-0.4, -0.2) is 62.2 Å². The van der Waals surface area contributed by atoms with Gasteiger partial charge in [-0.3, -0.25) is 0 Å². The third kappa shape index (κ3) is 7.04. The maximum absolute atomic E-state index is 12.8. The third-order valence-electron chi connectivity index (χ3n) is 5.71. The summed E-state index contributed by atoms with van der Waals surface area (Å²) >= 11 is 6.37. The van der Waals surface area contributed by atoms with Gasteiger partial charge >= 0.3 is 0 Å². The molecule has 3 aromatic rings. The SMILES string of the molecule is CCOc1cc(O[C@H]2CCN(C)C2)ccc1Nc1ncc(Cl)c(Nc2ccccc2S(=O)(=O)NC(C)C)n1. The van der Waals surface area contributed by atoms with Crippen LogP contribution in [0.25, 0.3) is 0 Å². The van der Waals surface area contributed by atoms with Gasteiger partial charge in [-0.05, 0) is 58.5 Å². The summed E-state index contributed by atoms with van der Waals surface area (Å²) in [6.45, 7) is 7.79. The van der Waals surface area contributed by atoms with Crippen LogP contribution >= 0.6 is 11.6 Å². The molecule has 1 atom stereocenters. The second kappa shape index (κ2) is 12.2. The molecule has 0 spiro atoms. The van der Waals surface area contributed by atoms with Crippen LogP contribution in [0.1, 0.15) is 27.2 Å². The molecule has 0 amide bonds. The number of rotatable bonds is 11. The summed E-state index contributed by atoms with van der Waals surface area (Å²) in [5.41, 5.74) is 0.987. The van der Waals surface area contributed by atoms with Crippen molar-refractivity contribution in [2.75, 3.05) is 37.4 Å². The lowest BCUT2D eigenvalue weighted by Gasteiger charge is -2.17. The number of halogens is 1. The fourth-order valence-corrected chi connectivity index (χ4v) is 5.63. The molecule has 12 heteroatoms. The predicted molar refractivity (Wildman–Crippen MR) is 150 cm³/mol. The Bertz CT molecular complexity index is 1370. The lowest BCUT2D eigenvalue weighted by molar-refractivity contribution is 0.207. The molecular formula is C26H33ClN6O4S. The van der Waals surface area contributed by atoms with E-state index in [2.05, 4.69) is 37.3 Å². The average molecular weight is 561 g/mol. The van der Waals surface area contributed by atoms with E-state index >= 15 is 0 Å². The monoisotopic (exact) mass is 560 g/mol. The van der Waals surface area contributed by atoms with E-state index in [9.17, 15) is 8.42 Å². The van der Waals surface area contributed by atoms with Crippen LogP contribution in [0.3, 0.4) is 0 Å². The van der Waals surface area contributed by atoms with Gasteiger partial charge in [-0.1, -0.05) is 23.7 Å². The van der Waals surface area contributed by atoms with Crippen molar-refractivity contribution >= 4 is 44.8 Å². The molecule has 0 aliphatic carbocycles. The zero-order chi connectivity index (χ0) is 27.3. The van der Waals surface area contributed by atoms with Crippen molar-refractivity contribution in [1.29, 1.82) is 0 Å². The van der Waals surface area contributed by atoms with Crippen molar-refractivity contribution in [3.63, 3.8) is 0 Å². The Morgan fingerprint density at radius 3 is 2.66 bits per heavy atom.